The Morgan fingerprint density at radius 3 is 2.27 bits per heavy atom. The van der Waals surface area contributed by atoms with Crippen LogP contribution >= 0.6 is 11.3 Å². The Morgan fingerprint density at radius 1 is 0.917 bits per heavy atom. The number of pyridine rings is 1. The van der Waals surface area contributed by atoms with Crippen LogP contribution in [0.15, 0.2) is 72.2 Å². The average Bonchev–Trinajstić information content (AvgIpc) is 3.51. The number of rotatable bonds is 9. The number of sulfonamides is 1. The van der Waals surface area contributed by atoms with Gasteiger partial charge < -0.3 is 25.0 Å². The van der Waals surface area contributed by atoms with Crippen molar-refractivity contribution in [3.63, 3.8) is 0 Å². The third-order valence-corrected chi connectivity index (χ3v) is 8.60. The lowest BCUT2D eigenvalue weighted by Crippen LogP contribution is -2.22. The highest BCUT2D eigenvalue weighted by Crippen LogP contribution is 2.40. The summed E-state index contributed by atoms with van der Waals surface area (Å²) in [5, 5.41) is 9.49. The molecule has 0 fully saturated rings. The first-order valence-electron chi connectivity index (χ1n) is 14.7. The lowest BCUT2D eigenvalue weighted by Gasteiger charge is -2.24. The van der Waals surface area contributed by atoms with Crippen LogP contribution < -0.4 is 24.8 Å². The topological polar surface area (TPSA) is 152 Å². The summed E-state index contributed by atoms with van der Waals surface area (Å²) in [5.74, 6) is 1.05. The molecule has 0 atom stereocenters. The van der Waals surface area contributed by atoms with E-state index < -0.39 is 16.1 Å². The maximum atomic E-state index is 13.4. The summed E-state index contributed by atoms with van der Waals surface area (Å²) >= 11 is 1.32. The van der Waals surface area contributed by atoms with Crippen LogP contribution in [-0.2, 0) is 15.4 Å². The van der Waals surface area contributed by atoms with Crippen molar-refractivity contribution in [1.29, 1.82) is 0 Å². The number of benzene rings is 3. The number of carbonyl (C=O) groups is 2. The maximum Gasteiger partial charge on any atom is 0.323 e. The quantitative estimate of drug-likeness (QED) is 0.147. The van der Waals surface area contributed by atoms with Crippen molar-refractivity contribution < 1.29 is 27.5 Å². The summed E-state index contributed by atoms with van der Waals surface area (Å²) in [7, 11) is 1.12. The SMILES string of the molecule is COc1c(NC(=O)Nc2ccc(Oc3ccnc(-c4nc(C(=O)N(C)C)cs4)c3)c3ccccc23)cc(C(C)(C)C)cc1NS(C)(=O)=O. The number of methoxy groups -OCH3 is 1. The van der Waals surface area contributed by atoms with E-state index in [0.29, 0.717) is 39.3 Å². The van der Waals surface area contributed by atoms with Gasteiger partial charge >= 0.3 is 6.03 Å². The molecule has 3 aromatic carbocycles. The first-order chi connectivity index (χ1) is 22.6. The number of nitrogens with one attached hydrogen (secondary N) is 3. The standard InChI is InChI=1S/C34H36N6O6S2/c1-34(2,3)20-16-25(30(45-6)26(17-20)39-48(7,43)44)38-33(42)37-24-12-13-29(23-11-9-8-10-22(23)24)46-21-14-15-35-27(18-21)31-36-28(19-47-31)32(41)40(4)5/h8-19,39H,1-7H3,(H2,37,38,42). The predicted octanol–water partition coefficient (Wildman–Crippen LogP) is 7.17. The van der Waals surface area contributed by atoms with Gasteiger partial charge in [-0.05, 0) is 41.3 Å². The monoisotopic (exact) mass is 688 g/mol. The van der Waals surface area contributed by atoms with Gasteiger partial charge in [0.05, 0.1) is 30.4 Å². The molecule has 48 heavy (non-hydrogen) atoms. The molecule has 3 amide bonds. The number of amides is 3. The van der Waals surface area contributed by atoms with E-state index in [-0.39, 0.29) is 22.8 Å². The van der Waals surface area contributed by atoms with Crippen molar-refractivity contribution in [2.45, 2.75) is 26.2 Å². The summed E-state index contributed by atoms with van der Waals surface area (Å²) in [6.45, 7) is 5.94. The molecule has 0 radical (unpaired) electrons. The van der Waals surface area contributed by atoms with Gasteiger partial charge in [-0.3, -0.25) is 14.5 Å². The van der Waals surface area contributed by atoms with E-state index in [2.05, 4.69) is 25.3 Å². The van der Waals surface area contributed by atoms with Crippen molar-refractivity contribution >= 4 is 61.1 Å². The minimum atomic E-state index is -3.63. The number of thiazole rings is 1. The Hall–Kier alpha value is -5.21. The molecule has 0 saturated heterocycles. The van der Waals surface area contributed by atoms with E-state index in [4.69, 9.17) is 9.47 Å². The average molecular weight is 689 g/mol. The molecule has 3 N–H and O–H groups in total. The Kier molecular flexibility index (Phi) is 9.59. The highest BCUT2D eigenvalue weighted by Gasteiger charge is 2.23. The molecule has 250 valence electrons. The van der Waals surface area contributed by atoms with Gasteiger partial charge in [-0.2, -0.15) is 0 Å². The van der Waals surface area contributed by atoms with E-state index in [1.165, 1.54) is 23.3 Å². The van der Waals surface area contributed by atoms with Crippen LogP contribution in [0.1, 0.15) is 36.8 Å². The van der Waals surface area contributed by atoms with Crippen LogP contribution in [0.4, 0.5) is 21.9 Å². The largest absolute Gasteiger partial charge is 0.492 e. The number of anilines is 3. The van der Waals surface area contributed by atoms with Gasteiger partial charge in [0.1, 0.15) is 27.9 Å². The molecule has 5 rings (SSSR count). The van der Waals surface area contributed by atoms with Gasteiger partial charge in [0.2, 0.25) is 10.0 Å². The van der Waals surface area contributed by atoms with Gasteiger partial charge in [-0.15, -0.1) is 11.3 Å². The number of hydrogen-bond acceptors (Lipinski definition) is 9. The fourth-order valence-electron chi connectivity index (χ4n) is 4.83. The lowest BCUT2D eigenvalue weighted by atomic mass is 9.86. The third-order valence-electron chi connectivity index (χ3n) is 7.14. The molecular weight excluding hydrogens is 653 g/mol. The van der Waals surface area contributed by atoms with Gasteiger partial charge in [0.15, 0.2) is 5.75 Å². The second-order valence-corrected chi connectivity index (χ2v) is 14.8. The molecule has 0 spiro atoms. The Balaban J connectivity index is 1.41. The van der Waals surface area contributed by atoms with Gasteiger partial charge in [-0.25, -0.2) is 18.2 Å². The summed E-state index contributed by atoms with van der Waals surface area (Å²) in [5.41, 5.74) is 2.37. The fraction of sp³-hybridized carbons (Fsp3) is 0.235. The van der Waals surface area contributed by atoms with Crippen LogP contribution in [0.25, 0.3) is 21.5 Å². The van der Waals surface area contributed by atoms with Crippen LogP contribution in [0.5, 0.6) is 17.2 Å². The Bertz CT molecular complexity index is 2120. The number of hydrogen-bond donors (Lipinski definition) is 3. The van der Waals surface area contributed by atoms with Crippen LogP contribution in [0.2, 0.25) is 0 Å². The first kappa shape index (κ1) is 34.1. The molecule has 5 aromatic rings. The molecule has 12 nitrogen and oxygen atoms in total. The highest BCUT2D eigenvalue weighted by atomic mass is 32.2. The Labute approximate surface area is 283 Å². The summed E-state index contributed by atoms with van der Waals surface area (Å²) in [6.07, 6.45) is 2.66. The van der Waals surface area contributed by atoms with Crippen molar-refractivity contribution in [3.05, 3.63) is 83.5 Å². The molecular formula is C34H36N6O6S2. The molecule has 14 heteroatoms. The lowest BCUT2D eigenvalue weighted by molar-refractivity contribution is 0.0823. The molecule has 0 saturated carbocycles. The van der Waals surface area contributed by atoms with E-state index >= 15 is 0 Å². The van der Waals surface area contributed by atoms with Gasteiger partial charge in [0.25, 0.3) is 5.91 Å². The van der Waals surface area contributed by atoms with E-state index in [1.54, 1.807) is 62.1 Å². The minimum absolute atomic E-state index is 0.173. The second kappa shape index (κ2) is 13.5. The third kappa shape index (κ3) is 7.83. The molecule has 0 bridgehead atoms. The zero-order valence-electron chi connectivity index (χ0n) is 27.5. The number of carbonyl (C=O) groups excluding carboxylic acids is 2. The summed E-state index contributed by atoms with van der Waals surface area (Å²) < 4.78 is 38.5. The number of ether oxygens (including phenoxy) is 2. The van der Waals surface area contributed by atoms with Crippen molar-refractivity contribution in [1.82, 2.24) is 14.9 Å². The highest BCUT2D eigenvalue weighted by molar-refractivity contribution is 7.92. The second-order valence-electron chi connectivity index (χ2n) is 12.2. The van der Waals surface area contributed by atoms with Crippen LogP contribution in [0.3, 0.4) is 0 Å². The first-order valence-corrected chi connectivity index (χ1v) is 17.5. The zero-order chi connectivity index (χ0) is 34.8. The van der Waals surface area contributed by atoms with Crippen LogP contribution in [-0.4, -0.2) is 62.7 Å². The zero-order valence-corrected chi connectivity index (χ0v) is 29.2. The minimum Gasteiger partial charge on any atom is -0.492 e. The predicted molar refractivity (Wildman–Crippen MR) is 190 cm³/mol. The van der Waals surface area contributed by atoms with Crippen molar-refractivity contribution in [2.24, 2.45) is 0 Å². The number of urea groups is 1. The number of aromatic nitrogens is 2. The molecule has 2 heterocycles. The van der Waals surface area contributed by atoms with E-state index in [1.807, 2.05) is 45.0 Å². The maximum absolute atomic E-state index is 13.4. The van der Waals surface area contributed by atoms with E-state index in [9.17, 15) is 18.0 Å². The van der Waals surface area contributed by atoms with Gasteiger partial charge in [0, 0.05) is 42.5 Å². The molecule has 0 aliphatic carbocycles. The fourth-order valence-corrected chi connectivity index (χ4v) is 6.14. The van der Waals surface area contributed by atoms with Crippen molar-refractivity contribution in [2.75, 3.05) is 42.8 Å². The normalized spacial score (nSPS) is 11.6. The molecule has 0 aliphatic rings. The Morgan fingerprint density at radius 2 is 1.60 bits per heavy atom. The van der Waals surface area contributed by atoms with Crippen molar-refractivity contribution in [3.8, 4) is 28.0 Å². The van der Waals surface area contributed by atoms with Gasteiger partial charge in [-0.1, -0.05) is 45.0 Å². The summed E-state index contributed by atoms with van der Waals surface area (Å²) in [4.78, 5) is 36.0. The van der Waals surface area contributed by atoms with Crippen LogP contribution in [0, 0.1) is 0 Å². The molecule has 0 aliphatic heterocycles. The molecule has 2 aromatic heterocycles. The number of nitrogens with zero attached hydrogens (tertiary/aromatic N) is 3. The number of fused-ring (bicyclic) bond motifs is 1. The van der Waals surface area contributed by atoms with E-state index in [0.717, 1.165) is 22.6 Å². The smallest absolute Gasteiger partial charge is 0.323 e. The molecule has 0 unspecified atom stereocenters. The summed E-state index contributed by atoms with van der Waals surface area (Å²) in [6, 6.07) is 17.3.